The number of aromatic nitrogens is 1. The van der Waals surface area contributed by atoms with Crippen LogP contribution in [0, 0.1) is 0 Å². The fourth-order valence-corrected chi connectivity index (χ4v) is 3.46. The Morgan fingerprint density at radius 1 is 0.880 bits per heavy atom. The maximum Gasteiger partial charge on any atom is 0.202 e. The number of ether oxygens (including phenoxy) is 1. The topological polar surface area (TPSA) is 31.2 Å². The normalized spacial score (nSPS) is 11.1. The van der Waals surface area contributed by atoms with Gasteiger partial charge in [-0.05, 0) is 47.9 Å². The molecule has 0 bridgehead atoms. The molecule has 0 fully saturated rings. The van der Waals surface area contributed by atoms with Crippen LogP contribution in [0.15, 0.2) is 71.5 Å². The van der Waals surface area contributed by atoms with E-state index in [1.807, 2.05) is 23.7 Å². The molecule has 0 unspecified atom stereocenters. The van der Waals surface area contributed by atoms with E-state index in [0.717, 1.165) is 22.7 Å². The summed E-state index contributed by atoms with van der Waals surface area (Å²) >= 11 is 0. The van der Waals surface area contributed by atoms with Gasteiger partial charge in [0.2, 0.25) is 5.43 Å². The third-order valence-corrected chi connectivity index (χ3v) is 4.71. The molecule has 3 nitrogen and oxygen atoms in total. The van der Waals surface area contributed by atoms with Crippen LogP contribution in [0.4, 0.5) is 0 Å². The molecule has 4 rings (SSSR count). The summed E-state index contributed by atoms with van der Waals surface area (Å²) in [6, 6.07) is 22.1. The highest BCUT2D eigenvalue weighted by molar-refractivity contribution is 6.08. The van der Waals surface area contributed by atoms with E-state index in [0.29, 0.717) is 11.3 Å². The summed E-state index contributed by atoms with van der Waals surface area (Å²) in [5, 5.41) is 2.01. The first-order valence-electron chi connectivity index (χ1n) is 8.30. The van der Waals surface area contributed by atoms with Crippen molar-refractivity contribution in [2.24, 2.45) is 7.05 Å². The number of methoxy groups -OCH3 is 1. The molecule has 0 aliphatic heterocycles. The fourth-order valence-electron chi connectivity index (χ4n) is 3.46. The summed E-state index contributed by atoms with van der Waals surface area (Å²) in [5.74, 6) is 0.688. The van der Waals surface area contributed by atoms with E-state index in [2.05, 4.69) is 42.5 Å². The molecule has 3 aromatic carbocycles. The zero-order valence-corrected chi connectivity index (χ0v) is 14.3. The van der Waals surface area contributed by atoms with E-state index in [1.54, 1.807) is 19.2 Å². The minimum absolute atomic E-state index is 0.00149. The average Bonchev–Trinajstić information content (AvgIpc) is 2.79. The highest BCUT2D eigenvalue weighted by atomic mass is 16.5. The van der Waals surface area contributed by atoms with Gasteiger partial charge in [0.05, 0.1) is 12.6 Å². The number of rotatable bonds is 3. The number of hydrogen-bond acceptors (Lipinski definition) is 2. The monoisotopic (exact) mass is 329 g/mol. The summed E-state index contributed by atoms with van der Waals surface area (Å²) in [6.45, 7) is 0. The maximum atomic E-state index is 12.5. The Bertz CT molecular complexity index is 1130. The van der Waals surface area contributed by atoms with Crippen LogP contribution in [0.25, 0.3) is 21.8 Å². The van der Waals surface area contributed by atoms with Crippen LogP contribution in [0.2, 0.25) is 0 Å². The van der Waals surface area contributed by atoms with Crippen molar-refractivity contribution >= 4 is 21.8 Å². The lowest BCUT2D eigenvalue weighted by atomic mass is 10.0. The van der Waals surface area contributed by atoms with Gasteiger partial charge in [-0.2, -0.15) is 0 Å². The van der Waals surface area contributed by atoms with Crippen molar-refractivity contribution in [3.8, 4) is 5.75 Å². The van der Waals surface area contributed by atoms with Crippen molar-refractivity contribution in [1.29, 1.82) is 0 Å². The van der Waals surface area contributed by atoms with Gasteiger partial charge in [-0.25, -0.2) is 0 Å². The largest absolute Gasteiger partial charge is 0.497 e. The van der Waals surface area contributed by atoms with Crippen molar-refractivity contribution in [2.75, 3.05) is 7.11 Å². The molecule has 0 saturated heterocycles. The summed E-state index contributed by atoms with van der Waals surface area (Å²) < 4.78 is 7.34. The van der Waals surface area contributed by atoms with Gasteiger partial charge in [-0.1, -0.05) is 36.4 Å². The zero-order chi connectivity index (χ0) is 17.4. The Labute approximate surface area is 146 Å². The first kappa shape index (κ1) is 15.5. The lowest BCUT2D eigenvalue weighted by Gasteiger charge is -2.03. The minimum Gasteiger partial charge on any atom is -0.497 e. The summed E-state index contributed by atoms with van der Waals surface area (Å²) in [6.07, 6.45) is 0.869. The first-order valence-corrected chi connectivity index (χ1v) is 8.30. The van der Waals surface area contributed by atoms with Crippen LogP contribution >= 0.6 is 0 Å². The van der Waals surface area contributed by atoms with Crippen LogP contribution in [0.3, 0.4) is 0 Å². The standard InChI is InChI=1S/C22H19NO2/c1-23-20-10-8-16(12-15-6-4-3-5-7-15)13-18(20)19-14-17(25-2)9-11-21(24)22(19)23/h3-11,13-14H,12H2,1-2H3. The third kappa shape index (κ3) is 2.68. The van der Waals surface area contributed by atoms with Crippen LogP contribution in [0.1, 0.15) is 11.1 Å². The lowest BCUT2D eigenvalue weighted by molar-refractivity contribution is 0.415. The Kier molecular flexibility index (Phi) is 3.77. The van der Waals surface area contributed by atoms with E-state index in [9.17, 15) is 4.79 Å². The predicted octanol–water partition coefficient (Wildman–Crippen LogP) is 4.29. The number of nitrogens with zero attached hydrogens (tertiary/aromatic N) is 1. The van der Waals surface area contributed by atoms with Crippen LogP contribution in [-0.2, 0) is 13.5 Å². The van der Waals surface area contributed by atoms with E-state index >= 15 is 0 Å². The molecule has 0 amide bonds. The molecular weight excluding hydrogens is 310 g/mol. The SMILES string of the molecule is COc1ccc(=O)c2c(c1)c1cc(Cc3ccccc3)ccc1n2C. The molecule has 0 N–H and O–H groups in total. The van der Waals surface area contributed by atoms with Crippen molar-refractivity contribution in [3.05, 3.63) is 88.1 Å². The van der Waals surface area contributed by atoms with Gasteiger partial charge in [0, 0.05) is 23.3 Å². The van der Waals surface area contributed by atoms with Crippen molar-refractivity contribution < 1.29 is 4.74 Å². The molecule has 124 valence electrons. The van der Waals surface area contributed by atoms with Crippen molar-refractivity contribution in [3.63, 3.8) is 0 Å². The zero-order valence-electron chi connectivity index (χ0n) is 14.3. The summed E-state index contributed by atoms with van der Waals surface area (Å²) in [7, 11) is 3.56. The second-order valence-corrected chi connectivity index (χ2v) is 6.28. The molecule has 0 spiro atoms. The highest BCUT2D eigenvalue weighted by Crippen LogP contribution is 2.29. The Balaban J connectivity index is 1.97. The predicted molar refractivity (Wildman–Crippen MR) is 102 cm³/mol. The van der Waals surface area contributed by atoms with Crippen LogP contribution < -0.4 is 10.2 Å². The van der Waals surface area contributed by atoms with E-state index < -0.39 is 0 Å². The van der Waals surface area contributed by atoms with Gasteiger partial charge in [-0.15, -0.1) is 0 Å². The number of benzene rings is 2. The average molecular weight is 329 g/mol. The van der Waals surface area contributed by atoms with E-state index in [4.69, 9.17) is 4.74 Å². The molecule has 4 aromatic rings. The Hall–Kier alpha value is -3.07. The Morgan fingerprint density at radius 3 is 2.44 bits per heavy atom. The second-order valence-electron chi connectivity index (χ2n) is 6.28. The second kappa shape index (κ2) is 6.10. The molecular formula is C22H19NO2. The molecule has 3 heteroatoms. The van der Waals surface area contributed by atoms with Gasteiger partial charge in [0.25, 0.3) is 0 Å². The molecule has 0 radical (unpaired) electrons. The lowest BCUT2D eigenvalue weighted by Crippen LogP contribution is -2.00. The maximum absolute atomic E-state index is 12.5. The van der Waals surface area contributed by atoms with Gasteiger partial charge >= 0.3 is 0 Å². The first-order chi connectivity index (χ1) is 12.2. The Morgan fingerprint density at radius 2 is 1.68 bits per heavy atom. The molecule has 1 aromatic heterocycles. The van der Waals surface area contributed by atoms with Crippen LogP contribution in [0.5, 0.6) is 5.75 Å². The molecule has 1 heterocycles. The number of aryl methyl sites for hydroxylation is 1. The summed E-state index contributed by atoms with van der Waals surface area (Å²) in [4.78, 5) is 12.5. The number of hydrogen-bond donors (Lipinski definition) is 0. The molecule has 0 saturated carbocycles. The fraction of sp³-hybridized carbons (Fsp3) is 0.136. The van der Waals surface area contributed by atoms with Gasteiger partial charge in [0.1, 0.15) is 5.75 Å². The molecule has 0 atom stereocenters. The molecule has 0 aliphatic rings. The van der Waals surface area contributed by atoms with Gasteiger partial charge in [0.15, 0.2) is 0 Å². The van der Waals surface area contributed by atoms with E-state index in [-0.39, 0.29) is 5.43 Å². The van der Waals surface area contributed by atoms with Crippen molar-refractivity contribution in [2.45, 2.75) is 6.42 Å². The highest BCUT2D eigenvalue weighted by Gasteiger charge is 2.12. The van der Waals surface area contributed by atoms with Gasteiger partial charge < -0.3 is 9.30 Å². The smallest absolute Gasteiger partial charge is 0.202 e. The summed E-state index contributed by atoms with van der Waals surface area (Å²) in [5.41, 5.74) is 4.26. The molecule has 0 aliphatic carbocycles. The van der Waals surface area contributed by atoms with Crippen LogP contribution in [-0.4, -0.2) is 11.7 Å². The molecule has 25 heavy (non-hydrogen) atoms. The van der Waals surface area contributed by atoms with Crippen molar-refractivity contribution in [1.82, 2.24) is 4.57 Å². The third-order valence-electron chi connectivity index (χ3n) is 4.71. The quantitative estimate of drug-likeness (QED) is 0.561. The minimum atomic E-state index is 0.00149. The van der Waals surface area contributed by atoms with E-state index in [1.165, 1.54) is 11.1 Å². The van der Waals surface area contributed by atoms with Gasteiger partial charge in [-0.3, -0.25) is 4.79 Å². The number of fused-ring (bicyclic) bond motifs is 3.